The highest BCUT2D eigenvalue weighted by molar-refractivity contribution is 7.86. The Labute approximate surface area is 212 Å². The molecule has 188 valence electrons. The Morgan fingerprint density at radius 3 is 2.14 bits per heavy atom. The fourth-order valence-electron chi connectivity index (χ4n) is 4.17. The lowest BCUT2D eigenvalue weighted by molar-refractivity contribution is 0.0939. The highest BCUT2D eigenvalue weighted by Crippen LogP contribution is 2.40. The van der Waals surface area contributed by atoms with Crippen LogP contribution in [0, 0.1) is 12.8 Å². The van der Waals surface area contributed by atoms with Gasteiger partial charge in [0.25, 0.3) is 16.0 Å². The predicted molar refractivity (Wildman–Crippen MR) is 144 cm³/mol. The van der Waals surface area contributed by atoms with Gasteiger partial charge < -0.3 is 5.73 Å². The summed E-state index contributed by atoms with van der Waals surface area (Å²) < 4.78 is 34.6. The zero-order valence-electron chi connectivity index (χ0n) is 21.0. The van der Waals surface area contributed by atoms with Crippen LogP contribution in [0.4, 0.5) is 11.4 Å². The molecule has 0 bridgehead atoms. The van der Waals surface area contributed by atoms with E-state index >= 15 is 0 Å². The van der Waals surface area contributed by atoms with Gasteiger partial charge in [0.2, 0.25) is 0 Å². The first-order chi connectivity index (χ1) is 16.9. The van der Waals surface area contributed by atoms with Gasteiger partial charge >= 0.3 is 0 Å². The standard InChI is InChI=1S/C26H24N2O5S.C2H6/c1-14(2)25(29)17-5-8-21-16(4)28(26(30)23(21)12-17)19-7-10-22(24(13-19)34(31,32)33)20-9-6-18(27)11-15(20)3;1-2/h5-14H,4,27H2,1-3H3,(H,31,32,33);1-2H3. The van der Waals surface area contributed by atoms with E-state index in [1.54, 1.807) is 63.2 Å². The maximum absolute atomic E-state index is 13.3. The van der Waals surface area contributed by atoms with Gasteiger partial charge in [-0.3, -0.25) is 19.0 Å². The monoisotopic (exact) mass is 506 g/mol. The number of hydrogen-bond donors (Lipinski definition) is 2. The number of anilines is 2. The first-order valence-corrected chi connectivity index (χ1v) is 13.0. The van der Waals surface area contributed by atoms with Crippen LogP contribution in [0.3, 0.4) is 0 Å². The number of rotatable bonds is 5. The number of nitrogens with two attached hydrogens (primary N) is 1. The van der Waals surface area contributed by atoms with Crippen molar-refractivity contribution < 1.29 is 22.6 Å². The van der Waals surface area contributed by atoms with E-state index in [2.05, 4.69) is 6.58 Å². The van der Waals surface area contributed by atoms with E-state index in [0.29, 0.717) is 33.6 Å². The molecular weight excluding hydrogens is 476 g/mol. The summed E-state index contributed by atoms with van der Waals surface area (Å²) in [6, 6.07) is 14.3. The topological polar surface area (TPSA) is 118 Å². The van der Waals surface area contributed by atoms with E-state index in [1.807, 2.05) is 13.8 Å². The molecule has 1 amide bonds. The third-order valence-corrected chi connectivity index (χ3v) is 6.78. The number of fused-ring (bicyclic) bond motifs is 1. The zero-order chi connectivity index (χ0) is 26.9. The van der Waals surface area contributed by atoms with Crippen LogP contribution in [0.15, 0.2) is 66.1 Å². The summed E-state index contributed by atoms with van der Waals surface area (Å²) in [7, 11) is -4.63. The number of aryl methyl sites for hydroxylation is 1. The van der Waals surface area contributed by atoms with Crippen LogP contribution in [-0.4, -0.2) is 24.7 Å². The molecule has 8 heteroatoms. The normalized spacial score (nSPS) is 12.9. The van der Waals surface area contributed by atoms with E-state index < -0.39 is 16.0 Å². The number of hydrogen-bond acceptors (Lipinski definition) is 5. The van der Waals surface area contributed by atoms with Gasteiger partial charge in [-0.1, -0.05) is 58.5 Å². The van der Waals surface area contributed by atoms with Gasteiger partial charge in [0, 0.05) is 28.3 Å². The average molecular weight is 507 g/mol. The SMILES string of the molecule is C=C1c2ccc(C(=O)C(C)C)cc2C(=O)N1c1ccc(-c2ccc(N)cc2C)c(S(=O)(=O)O)c1.CC. The number of nitrogens with zero attached hydrogens (tertiary/aromatic N) is 1. The second kappa shape index (κ2) is 10.1. The van der Waals surface area contributed by atoms with Crippen LogP contribution in [0.2, 0.25) is 0 Å². The van der Waals surface area contributed by atoms with Crippen molar-refractivity contribution in [1.29, 1.82) is 0 Å². The molecule has 0 atom stereocenters. The van der Waals surface area contributed by atoms with Crippen molar-refractivity contribution in [2.45, 2.75) is 39.5 Å². The largest absolute Gasteiger partial charge is 0.399 e. The molecule has 3 N–H and O–H groups in total. The lowest BCUT2D eigenvalue weighted by Crippen LogP contribution is -2.22. The first-order valence-electron chi connectivity index (χ1n) is 11.6. The molecule has 0 aromatic heterocycles. The predicted octanol–water partition coefficient (Wildman–Crippen LogP) is 5.99. The van der Waals surface area contributed by atoms with E-state index in [9.17, 15) is 22.6 Å². The molecule has 0 spiro atoms. The summed E-state index contributed by atoms with van der Waals surface area (Å²) >= 11 is 0. The second-order valence-corrected chi connectivity index (χ2v) is 9.99. The molecule has 7 nitrogen and oxygen atoms in total. The Balaban J connectivity index is 0.00000176. The molecule has 0 aliphatic carbocycles. The summed E-state index contributed by atoms with van der Waals surface area (Å²) in [5.41, 5.74) is 9.79. The number of carbonyl (C=O) groups excluding carboxylic acids is 2. The van der Waals surface area contributed by atoms with Gasteiger partial charge in [-0.2, -0.15) is 8.42 Å². The summed E-state index contributed by atoms with van der Waals surface area (Å²) in [5, 5.41) is 0. The van der Waals surface area contributed by atoms with Crippen LogP contribution in [-0.2, 0) is 10.1 Å². The summed E-state index contributed by atoms with van der Waals surface area (Å²) in [5.74, 6) is -0.747. The Morgan fingerprint density at radius 1 is 0.944 bits per heavy atom. The Kier molecular flexibility index (Phi) is 7.52. The minimum Gasteiger partial charge on any atom is -0.399 e. The number of amides is 1. The average Bonchev–Trinajstić information content (AvgIpc) is 3.08. The van der Waals surface area contributed by atoms with Gasteiger partial charge in [-0.25, -0.2) is 0 Å². The van der Waals surface area contributed by atoms with Crippen molar-refractivity contribution in [3.8, 4) is 11.1 Å². The quantitative estimate of drug-likeness (QED) is 0.249. The van der Waals surface area contributed by atoms with Crippen LogP contribution in [0.25, 0.3) is 16.8 Å². The first kappa shape index (κ1) is 26.8. The molecule has 1 aliphatic rings. The number of ketones is 1. The molecule has 0 radical (unpaired) electrons. The van der Waals surface area contributed by atoms with E-state index in [0.717, 1.165) is 5.56 Å². The molecule has 0 saturated carbocycles. The maximum Gasteiger partial charge on any atom is 0.295 e. The summed E-state index contributed by atoms with van der Waals surface area (Å²) in [4.78, 5) is 26.6. The molecular formula is C28H30N2O5S. The van der Waals surface area contributed by atoms with Crippen molar-refractivity contribution in [2.24, 2.45) is 5.92 Å². The van der Waals surface area contributed by atoms with E-state index in [-0.39, 0.29) is 27.8 Å². The van der Waals surface area contributed by atoms with Crippen LogP contribution in [0.5, 0.6) is 0 Å². The summed E-state index contributed by atoms with van der Waals surface area (Å²) in [6.07, 6.45) is 0. The molecule has 0 fully saturated rings. The fourth-order valence-corrected chi connectivity index (χ4v) is 4.90. The minimum absolute atomic E-state index is 0.0865. The molecule has 0 saturated heterocycles. The molecule has 3 aromatic carbocycles. The molecule has 36 heavy (non-hydrogen) atoms. The number of benzene rings is 3. The minimum atomic E-state index is -4.63. The van der Waals surface area contributed by atoms with Gasteiger partial charge in [0.1, 0.15) is 4.90 Å². The van der Waals surface area contributed by atoms with Crippen LogP contribution < -0.4 is 10.6 Å². The number of nitrogen functional groups attached to an aromatic ring is 1. The highest BCUT2D eigenvalue weighted by atomic mass is 32.2. The van der Waals surface area contributed by atoms with Crippen LogP contribution >= 0.6 is 0 Å². The maximum atomic E-state index is 13.3. The van der Waals surface area contributed by atoms with E-state index in [1.165, 1.54) is 17.0 Å². The number of carbonyl (C=O) groups is 2. The molecule has 1 aliphatic heterocycles. The van der Waals surface area contributed by atoms with Gasteiger partial charge in [0.05, 0.1) is 16.9 Å². The van der Waals surface area contributed by atoms with Crippen LogP contribution in [0.1, 0.15) is 59.5 Å². The lowest BCUT2D eigenvalue weighted by atomic mass is 9.97. The summed E-state index contributed by atoms with van der Waals surface area (Å²) in [6.45, 7) is 13.4. The fraction of sp³-hybridized carbons (Fsp3) is 0.214. The van der Waals surface area contributed by atoms with Crippen molar-refractivity contribution in [3.05, 3.63) is 83.4 Å². The van der Waals surface area contributed by atoms with Gasteiger partial charge in [-0.15, -0.1) is 0 Å². The molecule has 3 aromatic rings. The smallest absolute Gasteiger partial charge is 0.295 e. The Morgan fingerprint density at radius 2 is 1.56 bits per heavy atom. The molecule has 1 heterocycles. The van der Waals surface area contributed by atoms with Crippen molar-refractivity contribution in [3.63, 3.8) is 0 Å². The second-order valence-electron chi connectivity index (χ2n) is 8.60. The van der Waals surface area contributed by atoms with Crippen molar-refractivity contribution in [2.75, 3.05) is 10.6 Å². The van der Waals surface area contributed by atoms with Crippen molar-refractivity contribution >= 4 is 38.9 Å². The molecule has 4 rings (SSSR count). The van der Waals surface area contributed by atoms with Gasteiger partial charge in [-0.05, 0) is 48.4 Å². The third kappa shape index (κ3) is 4.82. The molecule has 0 unspecified atom stereocenters. The Hall–Kier alpha value is -3.75. The number of Topliss-reactive ketones (excluding diaryl/α,β-unsaturated/α-hetero) is 1. The lowest BCUT2D eigenvalue weighted by Gasteiger charge is -2.20. The van der Waals surface area contributed by atoms with E-state index in [4.69, 9.17) is 5.73 Å². The van der Waals surface area contributed by atoms with Crippen molar-refractivity contribution in [1.82, 2.24) is 0 Å². The highest BCUT2D eigenvalue weighted by Gasteiger charge is 2.34. The zero-order valence-corrected chi connectivity index (χ0v) is 21.8. The van der Waals surface area contributed by atoms with Gasteiger partial charge in [0.15, 0.2) is 5.78 Å². The third-order valence-electron chi connectivity index (χ3n) is 5.88. The Bertz CT molecular complexity index is 1490.